The molecule has 2 unspecified atom stereocenters. The Bertz CT molecular complexity index is 846. The van der Waals surface area contributed by atoms with E-state index >= 15 is 0 Å². The molecular formula is C20H19FN2O4. The van der Waals surface area contributed by atoms with E-state index < -0.39 is 29.8 Å². The molecule has 2 aromatic carbocycles. The minimum absolute atomic E-state index is 0.116. The van der Waals surface area contributed by atoms with E-state index in [1.54, 1.807) is 24.3 Å². The lowest BCUT2D eigenvalue weighted by atomic mass is 10.0. The summed E-state index contributed by atoms with van der Waals surface area (Å²) >= 11 is 0. The van der Waals surface area contributed by atoms with E-state index in [4.69, 9.17) is 10.00 Å². The molecule has 0 radical (unpaired) electrons. The van der Waals surface area contributed by atoms with Gasteiger partial charge >= 0.3 is 5.97 Å². The van der Waals surface area contributed by atoms with E-state index in [9.17, 15) is 14.0 Å². The highest BCUT2D eigenvalue weighted by atomic mass is 19.1. The van der Waals surface area contributed by atoms with Crippen LogP contribution in [-0.4, -0.2) is 25.1 Å². The lowest BCUT2D eigenvalue weighted by Gasteiger charge is -2.21. The summed E-state index contributed by atoms with van der Waals surface area (Å²) in [5.41, 5.74) is 0.863. The molecule has 140 valence electrons. The van der Waals surface area contributed by atoms with Gasteiger partial charge in [0.2, 0.25) is 0 Å². The van der Waals surface area contributed by atoms with E-state index in [1.807, 2.05) is 6.07 Å². The van der Waals surface area contributed by atoms with E-state index in [-0.39, 0.29) is 12.2 Å². The Morgan fingerprint density at radius 2 is 1.85 bits per heavy atom. The van der Waals surface area contributed by atoms with Crippen LogP contribution >= 0.6 is 0 Å². The number of hydrogen-bond donors (Lipinski definition) is 1. The highest BCUT2D eigenvalue weighted by Crippen LogP contribution is 2.21. The summed E-state index contributed by atoms with van der Waals surface area (Å²) in [7, 11) is 1.25. The number of ether oxygens (including phenoxy) is 2. The van der Waals surface area contributed by atoms with Gasteiger partial charge < -0.3 is 14.8 Å². The average Bonchev–Trinajstić information content (AvgIpc) is 2.68. The highest BCUT2D eigenvalue weighted by molar-refractivity contribution is 5.82. The van der Waals surface area contributed by atoms with Crippen LogP contribution in [0.1, 0.15) is 30.5 Å². The zero-order valence-corrected chi connectivity index (χ0v) is 14.9. The number of nitrogens with one attached hydrogen (secondary N) is 1. The number of hydrogen-bond acceptors (Lipinski definition) is 5. The van der Waals surface area contributed by atoms with Crippen LogP contribution in [0.2, 0.25) is 0 Å². The first-order chi connectivity index (χ1) is 12.9. The number of carbonyl (C=O) groups is 2. The van der Waals surface area contributed by atoms with Crippen LogP contribution in [0.3, 0.4) is 0 Å². The topological polar surface area (TPSA) is 88.4 Å². The normalized spacial score (nSPS) is 12.4. The quantitative estimate of drug-likeness (QED) is 0.757. The van der Waals surface area contributed by atoms with Crippen LogP contribution in [0.15, 0.2) is 48.5 Å². The average molecular weight is 370 g/mol. The van der Waals surface area contributed by atoms with Crippen molar-refractivity contribution in [2.24, 2.45) is 0 Å². The molecule has 0 bridgehead atoms. The second-order valence-electron chi connectivity index (χ2n) is 5.76. The van der Waals surface area contributed by atoms with Crippen LogP contribution in [-0.2, 0) is 14.3 Å². The van der Waals surface area contributed by atoms with Gasteiger partial charge in [-0.3, -0.25) is 9.59 Å². The third-order valence-corrected chi connectivity index (χ3v) is 3.87. The van der Waals surface area contributed by atoms with Crippen molar-refractivity contribution in [3.05, 3.63) is 65.5 Å². The summed E-state index contributed by atoms with van der Waals surface area (Å²) < 4.78 is 23.4. The van der Waals surface area contributed by atoms with E-state index in [0.717, 1.165) is 0 Å². The summed E-state index contributed by atoms with van der Waals surface area (Å²) in [6.45, 7) is 1.53. The number of amides is 1. The van der Waals surface area contributed by atoms with Gasteiger partial charge in [0.1, 0.15) is 17.6 Å². The Hall–Kier alpha value is -3.40. The predicted molar refractivity (Wildman–Crippen MR) is 95.2 cm³/mol. The molecule has 27 heavy (non-hydrogen) atoms. The third kappa shape index (κ3) is 5.54. The number of rotatable bonds is 7. The van der Waals surface area contributed by atoms with Gasteiger partial charge in [-0.1, -0.05) is 24.3 Å². The zero-order valence-electron chi connectivity index (χ0n) is 14.9. The smallest absolute Gasteiger partial charge is 0.307 e. The summed E-state index contributed by atoms with van der Waals surface area (Å²) in [5.74, 6) is -1.14. The molecule has 0 aliphatic rings. The molecule has 0 aliphatic carbocycles. The minimum atomic E-state index is -0.917. The van der Waals surface area contributed by atoms with Crippen molar-refractivity contribution < 1.29 is 23.5 Å². The Labute approximate surface area is 156 Å². The molecule has 0 saturated heterocycles. The fraction of sp³-hybridized carbons (Fsp3) is 0.250. The minimum Gasteiger partial charge on any atom is -0.480 e. The second kappa shape index (κ2) is 9.34. The lowest BCUT2D eigenvalue weighted by molar-refractivity contribution is -0.141. The third-order valence-electron chi connectivity index (χ3n) is 3.87. The predicted octanol–water partition coefficient (Wildman–Crippen LogP) is 2.89. The standard InChI is InChI=1S/C20H19FN2O4/c1-13(27-18-6-4-3-5-15(18)12-22)20(25)23-17(11-19(24)26-2)14-7-9-16(21)10-8-14/h3-10,13,17H,11H2,1-2H3,(H,23,25). The van der Waals surface area contributed by atoms with Crippen molar-refractivity contribution in [2.75, 3.05) is 7.11 Å². The van der Waals surface area contributed by atoms with Gasteiger partial charge in [0.05, 0.1) is 25.1 Å². The van der Waals surface area contributed by atoms with Crippen molar-refractivity contribution in [1.29, 1.82) is 5.26 Å². The van der Waals surface area contributed by atoms with Crippen LogP contribution in [0.25, 0.3) is 0 Å². The molecule has 1 amide bonds. The highest BCUT2D eigenvalue weighted by Gasteiger charge is 2.23. The van der Waals surface area contributed by atoms with Gasteiger partial charge in [0.25, 0.3) is 5.91 Å². The van der Waals surface area contributed by atoms with Gasteiger partial charge in [-0.15, -0.1) is 0 Å². The molecule has 1 N–H and O–H groups in total. The van der Waals surface area contributed by atoms with Crippen LogP contribution in [0.5, 0.6) is 5.75 Å². The first kappa shape index (κ1) is 19.9. The second-order valence-corrected chi connectivity index (χ2v) is 5.76. The first-order valence-corrected chi connectivity index (χ1v) is 8.23. The van der Waals surface area contributed by atoms with E-state index in [0.29, 0.717) is 11.1 Å². The molecule has 2 rings (SSSR count). The van der Waals surface area contributed by atoms with Crippen molar-refractivity contribution in [2.45, 2.75) is 25.5 Å². The zero-order chi connectivity index (χ0) is 19.8. The van der Waals surface area contributed by atoms with Gasteiger partial charge in [0, 0.05) is 0 Å². The molecular weight excluding hydrogens is 351 g/mol. The maximum atomic E-state index is 13.2. The van der Waals surface area contributed by atoms with Gasteiger partial charge in [0.15, 0.2) is 6.10 Å². The maximum absolute atomic E-state index is 13.2. The number of methoxy groups -OCH3 is 1. The molecule has 0 aromatic heterocycles. The van der Waals surface area contributed by atoms with Crippen molar-refractivity contribution in [3.63, 3.8) is 0 Å². The van der Waals surface area contributed by atoms with Crippen LogP contribution < -0.4 is 10.1 Å². The van der Waals surface area contributed by atoms with Crippen molar-refractivity contribution in [1.82, 2.24) is 5.32 Å². The van der Waals surface area contributed by atoms with E-state index in [1.165, 1.54) is 38.3 Å². The van der Waals surface area contributed by atoms with Gasteiger partial charge in [-0.05, 0) is 36.8 Å². The van der Waals surface area contributed by atoms with Gasteiger partial charge in [-0.25, -0.2) is 4.39 Å². The Kier molecular flexibility index (Phi) is 6.89. The summed E-state index contributed by atoms with van der Waals surface area (Å²) in [6, 6.07) is 13.3. The molecule has 0 fully saturated rings. The molecule has 7 heteroatoms. The molecule has 0 heterocycles. The summed E-state index contributed by atoms with van der Waals surface area (Å²) in [6.07, 6.45) is -1.03. The summed E-state index contributed by atoms with van der Waals surface area (Å²) in [4.78, 5) is 24.2. The monoisotopic (exact) mass is 370 g/mol. The molecule has 6 nitrogen and oxygen atoms in total. The van der Waals surface area contributed by atoms with Crippen LogP contribution in [0.4, 0.5) is 4.39 Å². The number of benzene rings is 2. The molecule has 2 aromatic rings. The van der Waals surface area contributed by atoms with Gasteiger partial charge in [-0.2, -0.15) is 5.26 Å². The van der Waals surface area contributed by atoms with Crippen molar-refractivity contribution in [3.8, 4) is 11.8 Å². The number of carbonyl (C=O) groups excluding carboxylic acids is 2. The summed E-state index contributed by atoms with van der Waals surface area (Å²) in [5, 5.41) is 11.8. The SMILES string of the molecule is COC(=O)CC(NC(=O)C(C)Oc1ccccc1C#N)c1ccc(F)cc1. The number of nitriles is 1. The number of halogens is 1. The molecule has 2 atom stereocenters. The Morgan fingerprint density at radius 1 is 1.19 bits per heavy atom. The fourth-order valence-electron chi connectivity index (χ4n) is 2.39. The van der Waals surface area contributed by atoms with Crippen LogP contribution in [0, 0.1) is 17.1 Å². The lowest BCUT2D eigenvalue weighted by Crippen LogP contribution is -2.39. The van der Waals surface area contributed by atoms with E-state index in [2.05, 4.69) is 10.1 Å². The number of para-hydroxylation sites is 1. The Morgan fingerprint density at radius 3 is 2.48 bits per heavy atom. The maximum Gasteiger partial charge on any atom is 0.307 e. The largest absolute Gasteiger partial charge is 0.480 e. The Balaban J connectivity index is 2.13. The molecule has 0 saturated carbocycles. The number of esters is 1. The molecule has 0 spiro atoms. The first-order valence-electron chi connectivity index (χ1n) is 8.23. The molecule has 0 aliphatic heterocycles. The fourth-order valence-corrected chi connectivity index (χ4v) is 2.39. The number of nitrogens with zero attached hydrogens (tertiary/aromatic N) is 1. The van der Waals surface area contributed by atoms with Crippen molar-refractivity contribution >= 4 is 11.9 Å².